The van der Waals surface area contributed by atoms with E-state index in [2.05, 4.69) is 46.0 Å². The molecule has 0 aliphatic carbocycles. The second-order valence-electron chi connectivity index (χ2n) is 17.1. The normalized spacial score (nSPS) is 30.4. The Morgan fingerprint density at radius 2 is 0.986 bits per heavy atom. The number of azide groups is 3. The van der Waals surface area contributed by atoms with Crippen LogP contribution in [0, 0.1) is 17.8 Å². The summed E-state index contributed by atoms with van der Waals surface area (Å²) in [4.78, 5) is 42.3. The Kier molecular flexibility index (Phi) is 22.8. The van der Waals surface area contributed by atoms with Gasteiger partial charge in [0.2, 0.25) is 6.29 Å². The SMILES string of the molecule is CC(=O)OCC1O[C@H](Br)C(N=[N+]=[N-])C(OCc2ccccc2)[C@@H]1C.CC(=O)OCC1O[C@H](OC(C)=O)C(N=[N+]=[N-])C(OCc2ccccc2)[C@@H]1C.C[C@@H]1C2COC(O2)C(N=[N+]=[N-])C1OCc1ccccc1. The third-order valence-electron chi connectivity index (χ3n) is 12.1. The molecule has 0 aromatic heterocycles. The van der Waals surface area contributed by atoms with E-state index in [9.17, 15) is 14.4 Å². The molecule has 7 rings (SSSR count). The summed E-state index contributed by atoms with van der Waals surface area (Å²) in [7, 11) is 0. The van der Waals surface area contributed by atoms with Crippen LogP contribution in [0.3, 0.4) is 0 Å². The largest absolute Gasteiger partial charge is 0.463 e. The molecule has 0 radical (unpaired) electrons. The molecule has 15 atom stereocenters. The highest BCUT2D eigenvalue weighted by atomic mass is 79.9. The summed E-state index contributed by atoms with van der Waals surface area (Å²) in [5.41, 5.74) is 29.6. The lowest BCUT2D eigenvalue weighted by Gasteiger charge is -2.43. The summed E-state index contributed by atoms with van der Waals surface area (Å²) in [6, 6.07) is 27.4. The van der Waals surface area contributed by atoms with Gasteiger partial charge in [-0.1, -0.05) is 143 Å². The molecule has 4 aliphatic heterocycles. The lowest BCUT2D eigenvalue weighted by Crippen LogP contribution is -2.56. The Morgan fingerprint density at radius 3 is 1.42 bits per heavy atom. The van der Waals surface area contributed by atoms with E-state index in [0.29, 0.717) is 19.8 Å². The van der Waals surface area contributed by atoms with Gasteiger partial charge in [0, 0.05) is 53.3 Å². The number of carbonyl (C=O) groups is 3. The van der Waals surface area contributed by atoms with Gasteiger partial charge in [-0.2, -0.15) is 0 Å². The molecule has 4 saturated heterocycles. The van der Waals surface area contributed by atoms with E-state index >= 15 is 0 Å². The van der Waals surface area contributed by atoms with Crippen molar-refractivity contribution in [3.8, 4) is 0 Å². The van der Waals surface area contributed by atoms with Crippen LogP contribution in [-0.2, 0) is 81.6 Å². The number of esters is 3. The van der Waals surface area contributed by atoms with Crippen LogP contribution in [0.25, 0.3) is 31.3 Å². The highest BCUT2D eigenvalue weighted by Crippen LogP contribution is 2.37. The van der Waals surface area contributed by atoms with E-state index in [1.165, 1.54) is 20.8 Å². The van der Waals surface area contributed by atoms with Gasteiger partial charge in [-0.25, -0.2) is 0 Å². The first-order valence-electron chi connectivity index (χ1n) is 23.0. The van der Waals surface area contributed by atoms with Crippen molar-refractivity contribution < 1.29 is 61.8 Å². The first kappa shape index (κ1) is 56.1. The third-order valence-corrected chi connectivity index (χ3v) is 12.8. The zero-order valence-corrected chi connectivity index (χ0v) is 41.9. The Bertz CT molecular complexity index is 2290. The third kappa shape index (κ3) is 16.9. The molecule has 23 heteroatoms. The molecule has 4 fully saturated rings. The standard InChI is InChI=1S/C18H23N3O6.C16H20BrN3O4.C14H17N3O3/c1-11-15(10-24-12(2)22)27-18(26-13(3)23)16(20-21-19)17(11)25-9-14-7-5-4-6-8-14;1-10-13(9-22-11(2)21)24-16(17)14(19-20-18)15(10)23-8-12-6-4-3-5-7-12;1-9-11-8-19-14(20-11)12(16-17-15)13(9)18-7-10-5-3-2-4-6-10/h4-8,11,15-18H,9-10H2,1-3H3;3-7,10,13-16H,8-9H2,1-2H3;2-6,9,11-14H,7-8H2,1H3/t11-,15?,16?,17?,18+;10-,13?,14?,15?,16+;9-,11?,12?,13?,14?/m111/s1. The molecule has 4 aliphatic rings. The molecule has 2 bridgehead atoms. The Balaban J connectivity index is 0.000000200. The van der Waals surface area contributed by atoms with Gasteiger partial charge >= 0.3 is 17.9 Å². The average molecular weight is 1050 g/mol. The fourth-order valence-corrected chi connectivity index (χ4v) is 8.98. The lowest BCUT2D eigenvalue weighted by molar-refractivity contribution is -0.252. The summed E-state index contributed by atoms with van der Waals surface area (Å²) in [6.07, 6.45) is -3.65. The molecular formula is C48H60BrN9O13. The van der Waals surface area contributed by atoms with Crippen molar-refractivity contribution in [2.45, 2.75) is 134 Å². The van der Waals surface area contributed by atoms with Crippen LogP contribution in [0.4, 0.5) is 0 Å². The van der Waals surface area contributed by atoms with Gasteiger partial charge in [0.05, 0.1) is 56.9 Å². The average Bonchev–Trinajstić information content (AvgIpc) is 3.81. The molecule has 4 heterocycles. The van der Waals surface area contributed by atoms with Gasteiger partial charge in [-0.15, -0.1) is 0 Å². The fraction of sp³-hybridized carbons (Fsp3) is 0.562. The first-order chi connectivity index (χ1) is 34.2. The number of alkyl halides is 1. The Labute approximate surface area is 419 Å². The predicted octanol–water partition coefficient (Wildman–Crippen LogP) is 8.95. The monoisotopic (exact) mass is 1050 g/mol. The van der Waals surface area contributed by atoms with Crippen molar-refractivity contribution in [1.29, 1.82) is 0 Å². The highest BCUT2D eigenvalue weighted by Gasteiger charge is 2.50. The number of nitrogens with zero attached hydrogens (tertiary/aromatic N) is 9. The van der Waals surface area contributed by atoms with Crippen LogP contribution in [0.15, 0.2) is 106 Å². The maximum atomic E-state index is 11.4. The zero-order valence-electron chi connectivity index (χ0n) is 40.3. The molecule has 0 amide bonds. The van der Waals surface area contributed by atoms with Crippen LogP contribution in [-0.4, -0.2) is 110 Å². The Morgan fingerprint density at radius 1 is 0.577 bits per heavy atom. The van der Waals surface area contributed by atoms with Crippen LogP contribution < -0.4 is 0 Å². The molecule has 71 heavy (non-hydrogen) atoms. The van der Waals surface area contributed by atoms with Gasteiger partial charge in [0.1, 0.15) is 42.5 Å². The molecular weight excluding hydrogens is 990 g/mol. The number of hydrogen-bond acceptors (Lipinski definition) is 16. The van der Waals surface area contributed by atoms with Crippen molar-refractivity contribution in [1.82, 2.24) is 0 Å². The molecule has 0 saturated carbocycles. The number of ether oxygens (including phenoxy) is 10. The number of fused-ring (bicyclic) bond motifs is 2. The van der Waals surface area contributed by atoms with Crippen molar-refractivity contribution >= 4 is 33.8 Å². The molecule has 10 unspecified atom stereocenters. The number of hydrogen-bond donors (Lipinski definition) is 0. The van der Waals surface area contributed by atoms with Gasteiger partial charge in [0.15, 0.2) is 6.29 Å². The topological polar surface area (TPSA) is 290 Å². The molecule has 3 aromatic carbocycles. The smallest absolute Gasteiger partial charge is 0.304 e. The number of carbonyl (C=O) groups excluding carboxylic acids is 3. The van der Waals surface area contributed by atoms with Crippen LogP contribution in [0.1, 0.15) is 58.2 Å². The van der Waals surface area contributed by atoms with E-state index in [1.54, 1.807) is 0 Å². The molecule has 0 N–H and O–H groups in total. The second-order valence-corrected chi connectivity index (χ2v) is 18.0. The van der Waals surface area contributed by atoms with Crippen molar-refractivity contribution in [2.24, 2.45) is 33.1 Å². The maximum absolute atomic E-state index is 11.4. The quantitative estimate of drug-likeness (QED) is 0.0305. The summed E-state index contributed by atoms with van der Waals surface area (Å²) in [6.45, 7) is 11.5. The summed E-state index contributed by atoms with van der Waals surface area (Å²) >= 11 is 3.39. The molecule has 3 aromatic rings. The minimum absolute atomic E-state index is 0.0194. The zero-order chi connectivity index (χ0) is 51.3. The second kappa shape index (κ2) is 28.9. The van der Waals surface area contributed by atoms with Crippen molar-refractivity contribution in [3.05, 3.63) is 139 Å². The highest BCUT2D eigenvalue weighted by molar-refractivity contribution is 9.09. The van der Waals surface area contributed by atoms with E-state index in [0.717, 1.165) is 16.7 Å². The predicted molar refractivity (Wildman–Crippen MR) is 257 cm³/mol. The van der Waals surface area contributed by atoms with Gasteiger partial charge in [-0.3, -0.25) is 14.4 Å². The maximum Gasteiger partial charge on any atom is 0.304 e. The van der Waals surface area contributed by atoms with Gasteiger partial charge < -0.3 is 47.4 Å². The van der Waals surface area contributed by atoms with Crippen molar-refractivity contribution in [2.75, 3.05) is 19.8 Å². The number of rotatable bonds is 17. The first-order valence-corrected chi connectivity index (χ1v) is 23.9. The van der Waals surface area contributed by atoms with E-state index in [1.807, 2.05) is 112 Å². The Hall–Kier alpha value is -5.80. The van der Waals surface area contributed by atoms with Crippen molar-refractivity contribution in [3.63, 3.8) is 0 Å². The summed E-state index contributed by atoms with van der Waals surface area (Å²) in [5, 5.41) is 10.9. The molecule has 382 valence electrons. The van der Waals surface area contributed by atoms with Crippen LogP contribution in [0.5, 0.6) is 0 Å². The summed E-state index contributed by atoms with van der Waals surface area (Å²) < 4.78 is 56.1. The van der Waals surface area contributed by atoms with E-state index in [4.69, 9.17) is 64.0 Å². The van der Waals surface area contributed by atoms with E-state index < -0.39 is 59.9 Å². The molecule has 0 spiro atoms. The summed E-state index contributed by atoms with van der Waals surface area (Å²) in [5.74, 6) is -1.66. The fourth-order valence-electron chi connectivity index (χ4n) is 8.30. The molecule has 22 nitrogen and oxygen atoms in total. The minimum Gasteiger partial charge on any atom is -0.463 e. The van der Waals surface area contributed by atoms with Crippen LogP contribution in [0.2, 0.25) is 0 Å². The number of benzene rings is 3. The lowest BCUT2D eigenvalue weighted by atomic mass is 9.89. The van der Waals surface area contributed by atoms with Gasteiger partial charge in [0.25, 0.3) is 0 Å². The van der Waals surface area contributed by atoms with Crippen LogP contribution >= 0.6 is 15.9 Å². The number of halogens is 1. The van der Waals surface area contributed by atoms with Gasteiger partial charge in [-0.05, 0) is 33.3 Å². The van der Waals surface area contributed by atoms with E-state index in [-0.39, 0.29) is 68.0 Å². The minimum atomic E-state index is -1.13.